The molecule has 106 valence electrons. The molecule has 4 nitrogen and oxygen atoms in total. The zero-order valence-electron chi connectivity index (χ0n) is 10.1. The van der Waals surface area contributed by atoms with E-state index in [9.17, 15) is 22.4 Å². The Hall–Kier alpha value is -2.38. The van der Waals surface area contributed by atoms with E-state index in [1.165, 1.54) is 7.05 Å². The Labute approximate surface area is 110 Å². The molecule has 0 unspecified atom stereocenters. The van der Waals surface area contributed by atoms with Crippen LogP contribution in [-0.4, -0.2) is 20.9 Å². The summed E-state index contributed by atoms with van der Waals surface area (Å²) in [6.45, 7) is 0. The molecule has 0 fully saturated rings. The normalized spacial score (nSPS) is 11.7. The van der Waals surface area contributed by atoms with Crippen LogP contribution in [0.25, 0.3) is 11.3 Å². The Bertz CT molecular complexity index is 677. The molecule has 0 bridgehead atoms. The number of hydrogen-bond acceptors (Lipinski definition) is 2. The molecular weight excluding hydrogens is 280 g/mol. The Morgan fingerprint density at radius 3 is 2.50 bits per heavy atom. The molecule has 0 aliphatic rings. The summed E-state index contributed by atoms with van der Waals surface area (Å²) in [5.41, 5.74) is -2.19. The highest BCUT2D eigenvalue weighted by atomic mass is 19.4. The fraction of sp³-hybridized carbons (Fsp3) is 0.167. The molecule has 1 heterocycles. The summed E-state index contributed by atoms with van der Waals surface area (Å²) in [4.78, 5) is 10.8. The van der Waals surface area contributed by atoms with Gasteiger partial charge in [-0.2, -0.15) is 18.3 Å². The number of alkyl halides is 3. The van der Waals surface area contributed by atoms with E-state index in [1.54, 1.807) is 0 Å². The number of carboxylic acids is 1. The number of benzene rings is 1. The van der Waals surface area contributed by atoms with Crippen LogP contribution in [-0.2, 0) is 13.2 Å². The van der Waals surface area contributed by atoms with Gasteiger partial charge in [-0.1, -0.05) is 6.07 Å². The first-order chi connectivity index (χ1) is 9.21. The summed E-state index contributed by atoms with van der Waals surface area (Å²) >= 11 is 0. The van der Waals surface area contributed by atoms with E-state index in [-0.39, 0.29) is 17.0 Å². The minimum atomic E-state index is -4.83. The molecule has 0 aliphatic carbocycles. The molecular formula is C12H8F4N2O2. The van der Waals surface area contributed by atoms with Gasteiger partial charge in [-0.15, -0.1) is 0 Å². The van der Waals surface area contributed by atoms with Gasteiger partial charge >= 0.3 is 12.1 Å². The van der Waals surface area contributed by atoms with Gasteiger partial charge < -0.3 is 5.11 Å². The SMILES string of the molecule is Cn1nc(C(=O)O)cc1-c1cccc(C(F)(F)F)c1F. The van der Waals surface area contributed by atoms with Crippen LogP contribution in [0.15, 0.2) is 24.3 Å². The van der Waals surface area contributed by atoms with Crippen molar-refractivity contribution in [3.8, 4) is 11.3 Å². The predicted molar refractivity (Wildman–Crippen MR) is 60.6 cm³/mol. The van der Waals surface area contributed by atoms with E-state index in [2.05, 4.69) is 5.10 Å². The lowest BCUT2D eigenvalue weighted by Crippen LogP contribution is -2.09. The van der Waals surface area contributed by atoms with Crippen LogP contribution in [0.1, 0.15) is 16.1 Å². The van der Waals surface area contributed by atoms with Crippen molar-refractivity contribution in [2.24, 2.45) is 7.05 Å². The number of aromatic carboxylic acids is 1. The summed E-state index contributed by atoms with van der Waals surface area (Å²) in [6.07, 6.45) is -4.83. The number of carbonyl (C=O) groups is 1. The van der Waals surface area contributed by atoms with Crippen molar-refractivity contribution in [2.45, 2.75) is 6.18 Å². The van der Waals surface area contributed by atoms with Gasteiger partial charge in [0.1, 0.15) is 5.82 Å². The third kappa shape index (κ3) is 2.36. The van der Waals surface area contributed by atoms with Crippen molar-refractivity contribution in [1.29, 1.82) is 0 Å². The van der Waals surface area contributed by atoms with E-state index in [4.69, 9.17) is 5.11 Å². The van der Waals surface area contributed by atoms with E-state index < -0.39 is 23.5 Å². The highest BCUT2D eigenvalue weighted by molar-refractivity contribution is 5.87. The van der Waals surface area contributed by atoms with Crippen molar-refractivity contribution < 1.29 is 27.5 Å². The molecule has 0 spiro atoms. The zero-order valence-corrected chi connectivity index (χ0v) is 10.1. The van der Waals surface area contributed by atoms with Crippen molar-refractivity contribution in [3.05, 3.63) is 41.3 Å². The number of aryl methyl sites for hydroxylation is 1. The molecule has 0 atom stereocenters. The maximum Gasteiger partial charge on any atom is 0.419 e. The largest absolute Gasteiger partial charge is 0.476 e. The lowest BCUT2D eigenvalue weighted by Gasteiger charge is -2.11. The number of hydrogen-bond donors (Lipinski definition) is 1. The van der Waals surface area contributed by atoms with Crippen LogP contribution < -0.4 is 0 Å². The quantitative estimate of drug-likeness (QED) is 0.864. The molecule has 1 aromatic heterocycles. The molecule has 1 N–H and O–H groups in total. The maximum absolute atomic E-state index is 13.9. The molecule has 0 amide bonds. The standard InChI is InChI=1S/C12H8F4N2O2/c1-18-9(5-8(17-18)11(19)20)6-3-2-4-7(10(6)13)12(14,15)16/h2-5H,1H3,(H,19,20). The Balaban J connectivity index is 2.62. The first-order valence-corrected chi connectivity index (χ1v) is 5.35. The average molecular weight is 288 g/mol. The van der Waals surface area contributed by atoms with Crippen molar-refractivity contribution in [1.82, 2.24) is 9.78 Å². The van der Waals surface area contributed by atoms with E-state index in [0.717, 1.165) is 22.9 Å². The molecule has 8 heteroatoms. The predicted octanol–water partition coefficient (Wildman–Crippen LogP) is 2.94. The molecule has 0 saturated heterocycles. The van der Waals surface area contributed by atoms with Crippen LogP contribution >= 0.6 is 0 Å². The lowest BCUT2D eigenvalue weighted by atomic mass is 10.1. The number of halogens is 4. The number of rotatable bonds is 2. The molecule has 0 saturated carbocycles. The van der Waals surface area contributed by atoms with E-state index in [0.29, 0.717) is 6.07 Å². The first-order valence-electron chi connectivity index (χ1n) is 5.35. The summed E-state index contributed by atoms with van der Waals surface area (Å²) in [7, 11) is 1.32. The van der Waals surface area contributed by atoms with Crippen LogP contribution in [0.5, 0.6) is 0 Å². The molecule has 20 heavy (non-hydrogen) atoms. The van der Waals surface area contributed by atoms with Gasteiger partial charge in [0.05, 0.1) is 11.3 Å². The second kappa shape index (κ2) is 4.62. The van der Waals surface area contributed by atoms with Crippen LogP contribution in [0, 0.1) is 5.82 Å². The molecule has 1 aromatic carbocycles. The second-order valence-corrected chi connectivity index (χ2v) is 4.01. The Kier molecular flexibility index (Phi) is 3.24. The Morgan fingerprint density at radius 2 is 2.00 bits per heavy atom. The second-order valence-electron chi connectivity index (χ2n) is 4.01. The van der Waals surface area contributed by atoms with Crippen molar-refractivity contribution in [2.75, 3.05) is 0 Å². The summed E-state index contributed by atoms with van der Waals surface area (Å²) < 4.78 is 52.8. The van der Waals surface area contributed by atoms with Gasteiger partial charge in [0.2, 0.25) is 0 Å². The smallest absolute Gasteiger partial charge is 0.419 e. The average Bonchev–Trinajstić information content (AvgIpc) is 2.70. The van der Waals surface area contributed by atoms with Gasteiger partial charge in [0, 0.05) is 12.6 Å². The van der Waals surface area contributed by atoms with Gasteiger partial charge in [-0.3, -0.25) is 4.68 Å². The summed E-state index contributed by atoms with van der Waals surface area (Å²) in [5.74, 6) is -2.81. The first kappa shape index (κ1) is 14.0. The zero-order chi connectivity index (χ0) is 15.1. The highest BCUT2D eigenvalue weighted by Crippen LogP contribution is 2.35. The molecule has 2 aromatic rings. The summed E-state index contributed by atoms with van der Waals surface area (Å²) in [6, 6.07) is 3.82. The Morgan fingerprint density at radius 1 is 1.35 bits per heavy atom. The van der Waals surface area contributed by atoms with Crippen LogP contribution in [0.2, 0.25) is 0 Å². The third-order valence-corrected chi connectivity index (χ3v) is 2.68. The van der Waals surface area contributed by atoms with Crippen molar-refractivity contribution in [3.63, 3.8) is 0 Å². The summed E-state index contributed by atoms with van der Waals surface area (Å²) in [5, 5.41) is 12.4. The minimum absolute atomic E-state index is 0.0500. The highest BCUT2D eigenvalue weighted by Gasteiger charge is 2.35. The molecule has 0 radical (unpaired) electrons. The monoisotopic (exact) mass is 288 g/mol. The van der Waals surface area contributed by atoms with Gasteiger partial charge in [0.15, 0.2) is 5.69 Å². The van der Waals surface area contributed by atoms with Gasteiger partial charge in [-0.05, 0) is 18.2 Å². The molecule has 0 aliphatic heterocycles. The fourth-order valence-electron chi connectivity index (χ4n) is 1.77. The van der Waals surface area contributed by atoms with E-state index in [1.807, 2.05) is 0 Å². The van der Waals surface area contributed by atoms with E-state index >= 15 is 0 Å². The van der Waals surface area contributed by atoms with Crippen LogP contribution in [0.4, 0.5) is 17.6 Å². The fourth-order valence-corrected chi connectivity index (χ4v) is 1.77. The topological polar surface area (TPSA) is 55.1 Å². The van der Waals surface area contributed by atoms with Crippen molar-refractivity contribution >= 4 is 5.97 Å². The maximum atomic E-state index is 13.9. The number of aromatic nitrogens is 2. The molecule has 2 rings (SSSR count). The van der Waals surface area contributed by atoms with Gasteiger partial charge in [0.25, 0.3) is 0 Å². The third-order valence-electron chi connectivity index (χ3n) is 2.68. The minimum Gasteiger partial charge on any atom is -0.476 e. The number of carboxylic acid groups (broad SMARTS) is 1. The van der Waals surface area contributed by atoms with Crippen LogP contribution in [0.3, 0.4) is 0 Å². The number of nitrogens with zero attached hydrogens (tertiary/aromatic N) is 2. The van der Waals surface area contributed by atoms with Gasteiger partial charge in [-0.25, -0.2) is 9.18 Å². The lowest BCUT2D eigenvalue weighted by molar-refractivity contribution is -0.139.